The van der Waals surface area contributed by atoms with Gasteiger partial charge in [0.2, 0.25) is 0 Å². The zero-order chi connectivity index (χ0) is 25.3. The van der Waals surface area contributed by atoms with E-state index in [0.29, 0.717) is 30.1 Å². The number of benzene rings is 1. The van der Waals surface area contributed by atoms with E-state index in [0.717, 1.165) is 61.9 Å². The van der Waals surface area contributed by atoms with E-state index in [1.165, 1.54) is 0 Å². The van der Waals surface area contributed by atoms with E-state index in [9.17, 15) is 9.90 Å². The normalized spacial score (nSPS) is 19.3. The average molecular weight is 494 g/mol. The monoisotopic (exact) mass is 493 g/mol. The number of fused-ring (bicyclic) bond motifs is 1. The predicted molar refractivity (Wildman–Crippen MR) is 139 cm³/mol. The second-order valence-electron chi connectivity index (χ2n) is 9.79. The van der Waals surface area contributed by atoms with Gasteiger partial charge in [0.05, 0.1) is 12.6 Å². The van der Waals surface area contributed by atoms with Crippen molar-refractivity contribution in [1.82, 2.24) is 14.9 Å². The number of hydrogen-bond acceptors (Lipinski definition) is 5. The second kappa shape index (κ2) is 12.8. The third kappa shape index (κ3) is 7.00. The molecule has 4 rings (SSSR count). The number of halogens is 1. The standard InChI is InChI=1S/C29H36FN3O3/c1-36-24-9-11-28-26(19-24)25(13-16-32-28)27(30)10-7-21-14-18-33(20-22(21)8-12-29(34)35)17-4-6-23-5-2-3-15-31-23/h2-3,5,9,11,13,15-16,19,21-22,27H,4,6-8,10,12,14,17-18,20H2,1H3,(H,34,35)/t21-,22-,27-/m1/s1. The van der Waals surface area contributed by atoms with Gasteiger partial charge in [0, 0.05) is 36.4 Å². The van der Waals surface area contributed by atoms with E-state index < -0.39 is 12.1 Å². The summed E-state index contributed by atoms with van der Waals surface area (Å²) < 4.78 is 20.9. The van der Waals surface area contributed by atoms with Crippen molar-refractivity contribution in [1.29, 1.82) is 0 Å². The SMILES string of the molecule is COc1ccc2nccc([C@H](F)CC[C@@H]3CCN(CCCc4ccccn4)C[C@H]3CCC(=O)O)c2c1. The Bertz CT molecular complexity index is 1130. The Morgan fingerprint density at radius 2 is 2.06 bits per heavy atom. The molecule has 36 heavy (non-hydrogen) atoms. The van der Waals surface area contributed by atoms with Gasteiger partial charge in [-0.25, -0.2) is 4.39 Å². The van der Waals surface area contributed by atoms with Crippen LogP contribution in [0.5, 0.6) is 5.75 Å². The maximum atomic E-state index is 15.5. The lowest BCUT2D eigenvalue weighted by atomic mass is 9.79. The fraction of sp³-hybridized carbons (Fsp3) is 0.483. The van der Waals surface area contributed by atoms with Crippen LogP contribution in [0.2, 0.25) is 0 Å². The number of aliphatic carboxylic acids is 1. The maximum Gasteiger partial charge on any atom is 0.303 e. The highest BCUT2D eigenvalue weighted by Crippen LogP contribution is 2.36. The van der Waals surface area contributed by atoms with E-state index >= 15 is 4.39 Å². The Balaban J connectivity index is 1.35. The number of aromatic nitrogens is 2. The number of carbonyl (C=O) groups is 1. The summed E-state index contributed by atoms with van der Waals surface area (Å²) in [6.07, 6.45) is 7.31. The van der Waals surface area contributed by atoms with E-state index in [2.05, 4.69) is 20.9 Å². The molecule has 1 saturated heterocycles. The van der Waals surface area contributed by atoms with Crippen molar-refractivity contribution in [2.75, 3.05) is 26.7 Å². The van der Waals surface area contributed by atoms with Crippen LogP contribution in [0.4, 0.5) is 4.39 Å². The summed E-state index contributed by atoms with van der Waals surface area (Å²) in [7, 11) is 1.60. The largest absolute Gasteiger partial charge is 0.497 e. The van der Waals surface area contributed by atoms with E-state index in [1.807, 2.05) is 36.5 Å². The van der Waals surface area contributed by atoms with Crippen molar-refractivity contribution in [3.63, 3.8) is 0 Å². The molecule has 3 atom stereocenters. The predicted octanol–water partition coefficient (Wildman–Crippen LogP) is 5.86. The van der Waals surface area contributed by atoms with Crippen LogP contribution >= 0.6 is 0 Å². The molecule has 3 heterocycles. The highest BCUT2D eigenvalue weighted by molar-refractivity contribution is 5.83. The van der Waals surface area contributed by atoms with Crippen LogP contribution in [0.15, 0.2) is 54.9 Å². The molecule has 0 bridgehead atoms. The van der Waals surface area contributed by atoms with Gasteiger partial charge in [-0.15, -0.1) is 0 Å². The number of rotatable bonds is 12. The zero-order valence-electron chi connectivity index (χ0n) is 21.0. The quantitative estimate of drug-likeness (QED) is 0.340. The van der Waals surface area contributed by atoms with Gasteiger partial charge < -0.3 is 14.7 Å². The molecule has 6 nitrogen and oxygen atoms in total. The van der Waals surface area contributed by atoms with Crippen LogP contribution < -0.4 is 4.74 Å². The average Bonchev–Trinajstić information content (AvgIpc) is 2.91. The number of hydrogen-bond donors (Lipinski definition) is 1. The van der Waals surface area contributed by atoms with Crippen LogP contribution in [0.3, 0.4) is 0 Å². The van der Waals surface area contributed by atoms with Gasteiger partial charge in [0.25, 0.3) is 0 Å². The first-order chi connectivity index (χ1) is 17.5. The van der Waals surface area contributed by atoms with E-state index in [4.69, 9.17) is 4.74 Å². The molecule has 1 aliphatic heterocycles. The third-order valence-electron chi connectivity index (χ3n) is 7.45. The van der Waals surface area contributed by atoms with Gasteiger partial charge in [0.1, 0.15) is 11.9 Å². The first-order valence-electron chi connectivity index (χ1n) is 12.9. The molecule has 1 N–H and O–H groups in total. The molecular weight excluding hydrogens is 457 g/mol. The van der Waals surface area contributed by atoms with Crippen molar-refractivity contribution in [2.24, 2.45) is 11.8 Å². The fourth-order valence-corrected chi connectivity index (χ4v) is 5.47. The smallest absolute Gasteiger partial charge is 0.303 e. The summed E-state index contributed by atoms with van der Waals surface area (Å²) in [6, 6.07) is 13.3. The second-order valence-corrected chi connectivity index (χ2v) is 9.79. The number of piperidine rings is 1. The van der Waals surface area contributed by atoms with Crippen molar-refractivity contribution in [2.45, 2.75) is 51.1 Å². The van der Waals surface area contributed by atoms with E-state index in [-0.39, 0.29) is 12.3 Å². The van der Waals surface area contributed by atoms with Gasteiger partial charge in [-0.05, 0) is 105 Å². The number of nitrogens with zero attached hydrogens (tertiary/aromatic N) is 3. The number of carboxylic acid groups (broad SMARTS) is 1. The molecule has 7 heteroatoms. The molecule has 0 aliphatic carbocycles. The van der Waals surface area contributed by atoms with Gasteiger partial charge in [-0.1, -0.05) is 6.07 Å². The van der Waals surface area contributed by atoms with Crippen LogP contribution in [0.25, 0.3) is 10.9 Å². The number of likely N-dealkylation sites (tertiary alicyclic amines) is 1. The fourth-order valence-electron chi connectivity index (χ4n) is 5.47. The number of ether oxygens (including phenoxy) is 1. The third-order valence-corrected chi connectivity index (χ3v) is 7.45. The van der Waals surface area contributed by atoms with Crippen LogP contribution in [0.1, 0.15) is 56.0 Å². The molecule has 1 aliphatic rings. The highest BCUT2D eigenvalue weighted by Gasteiger charge is 2.30. The highest BCUT2D eigenvalue weighted by atomic mass is 19.1. The van der Waals surface area contributed by atoms with Gasteiger partial charge in [-0.3, -0.25) is 14.8 Å². The number of carboxylic acids is 1. The molecule has 0 radical (unpaired) electrons. The lowest BCUT2D eigenvalue weighted by Gasteiger charge is -2.39. The first-order valence-corrected chi connectivity index (χ1v) is 12.9. The summed E-state index contributed by atoms with van der Waals surface area (Å²) in [5.74, 6) is 0.526. The number of pyridine rings is 2. The summed E-state index contributed by atoms with van der Waals surface area (Å²) in [4.78, 5) is 22.5. The van der Waals surface area contributed by atoms with Crippen LogP contribution in [0, 0.1) is 11.8 Å². The Labute approximate surface area is 212 Å². The summed E-state index contributed by atoms with van der Waals surface area (Å²) >= 11 is 0. The van der Waals surface area contributed by atoms with E-state index in [1.54, 1.807) is 19.4 Å². The molecule has 1 fully saturated rings. The van der Waals surface area contributed by atoms with Crippen LogP contribution in [-0.2, 0) is 11.2 Å². The Hall–Kier alpha value is -3.06. The minimum absolute atomic E-state index is 0.163. The van der Waals surface area contributed by atoms with Crippen LogP contribution in [-0.4, -0.2) is 52.7 Å². The summed E-state index contributed by atoms with van der Waals surface area (Å²) in [5, 5.41) is 10.1. The molecule has 0 saturated carbocycles. The minimum Gasteiger partial charge on any atom is -0.497 e. The Morgan fingerprint density at radius 1 is 1.17 bits per heavy atom. The summed E-state index contributed by atoms with van der Waals surface area (Å²) in [6.45, 7) is 2.83. The topological polar surface area (TPSA) is 75.5 Å². The number of alkyl halides is 1. The summed E-state index contributed by atoms with van der Waals surface area (Å²) in [5.41, 5.74) is 2.51. The van der Waals surface area contributed by atoms with Crippen molar-refractivity contribution in [3.05, 3.63) is 66.1 Å². The maximum absolute atomic E-state index is 15.5. The molecular formula is C29H36FN3O3. The van der Waals surface area contributed by atoms with Gasteiger partial charge in [0.15, 0.2) is 0 Å². The van der Waals surface area contributed by atoms with Crippen molar-refractivity contribution in [3.8, 4) is 5.75 Å². The van der Waals surface area contributed by atoms with Gasteiger partial charge in [-0.2, -0.15) is 0 Å². The molecule has 0 spiro atoms. The Kier molecular flexibility index (Phi) is 9.23. The van der Waals surface area contributed by atoms with Crippen molar-refractivity contribution < 1.29 is 19.0 Å². The molecule has 3 aromatic rings. The lowest BCUT2D eigenvalue weighted by molar-refractivity contribution is -0.137. The van der Waals surface area contributed by atoms with Crippen molar-refractivity contribution >= 4 is 16.9 Å². The lowest BCUT2D eigenvalue weighted by Crippen LogP contribution is -2.41. The molecule has 2 aromatic heterocycles. The first kappa shape index (κ1) is 26.0. The minimum atomic E-state index is -1.10. The van der Waals surface area contributed by atoms with Gasteiger partial charge >= 0.3 is 5.97 Å². The molecule has 192 valence electrons. The zero-order valence-corrected chi connectivity index (χ0v) is 21.0. The Morgan fingerprint density at radius 3 is 2.83 bits per heavy atom. The molecule has 0 unspecified atom stereocenters. The molecule has 0 amide bonds. The molecule has 1 aromatic carbocycles. The number of aryl methyl sites for hydroxylation is 1. The number of methoxy groups -OCH3 is 1.